The number of hydrogen-bond donors (Lipinski definition) is 1. The Morgan fingerprint density at radius 2 is 1.82 bits per heavy atom. The van der Waals surface area contributed by atoms with Crippen LogP contribution in [0.15, 0.2) is 42.5 Å². The van der Waals surface area contributed by atoms with Crippen LogP contribution in [0.1, 0.15) is 11.1 Å². The van der Waals surface area contributed by atoms with Crippen molar-refractivity contribution in [2.24, 2.45) is 0 Å². The number of nitrogens with one attached hydrogen (secondary N) is 1. The third-order valence-corrected chi connectivity index (χ3v) is 5.29. The zero-order valence-electron chi connectivity index (χ0n) is 14.4. The molecule has 0 spiro atoms. The van der Waals surface area contributed by atoms with E-state index in [0.717, 1.165) is 22.7 Å². The van der Waals surface area contributed by atoms with Crippen molar-refractivity contribution in [1.82, 2.24) is 5.32 Å². The molecule has 0 aliphatic heterocycles. The van der Waals surface area contributed by atoms with Gasteiger partial charge in [-0.05, 0) is 35.9 Å². The Bertz CT molecular complexity index is 982. The third-order valence-electron chi connectivity index (χ3n) is 3.61. The van der Waals surface area contributed by atoms with Crippen LogP contribution in [0, 0.1) is 0 Å². The number of rotatable bonds is 6. The van der Waals surface area contributed by atoms with Gasteiger partial charge in [-0.15, -0.1) is 0 Å². The molecule has 2 aromatic rings. The minimum Gasteiger partial charge on any atom is -0.350 e. The first-order valence-electron chi connectivity index (χ1n) is 7.73. The Labute approximate surface area is 170 Å². The van der Waals surface area contributed by atoms with Gasteiger partial charge in [-0.3, -0.25) is 9.10 Å². The van der Waals surface area contributed by atoms with Gasteiger partial charge in [0.25, 0.3) is 0 Å². The van der Waals surface area contributed by atoms with Crippen LogP contribution in [0.25, 0.3) is 0 Å². The Balaban J connectivity index is 2.14. The average molecular weight is 455 g/mol. The lowest BCUT2D eigenvalue weighted by atomic mass is 10.1. The average Bonchev–Trinajstić information content (AvgIpc) is 2.59. The highest BCUT2D eigenvalue weighted by Crippen LogP contribution is 2.31. The number of halogens is 5. The van der Waals surface area contributed by atoms with Crippen molar-refractivity contribution < 1.29 is 26.4 Å². The monoisotopic (exact) mass is 454 g/mol. The summed E-state index contributed by atoms with van der Waals surface area (Å²) in [6.45, 7) is -0.818. The highest BCUT2D eigenvalue weighted by molar-refractivity contribution is 7.92. The first kappa shape index (κ1) is 22.3. The van der Waals surface area contributed by atoms with Gasteiger partial charge in [0.2, 0.25) is 15.9 Å². The molecule has 0 unspecified atom stereocenters. The molecule has 152 valence electrons. The Morgan fingerprint density at radius 1 is 1.14 bits per heavy atom. The van der Waals surface area contributed by atoms with Crippen LogP contribution in [0.5, 0.6) is 0 Å². The van der Waals surface area contributed by atoms with Crippen molar-refractivity contribution in [3.63, 3.8) is 0 Å². The fourth-order valence-corrected chi connectivity index (χ4v) is 3.60. The van der Waals surface area contributed by atoms with Gasteiger partial charge in [-0.1, -0.05) is 35.3 Å². The number of carbonyl (C=O) groups excluding carboxylic acids is 1. The van der Waals surface area contributed by atoms with Crippen LogP contribution in [-0.2, 0) is 27.5 Å². The number of sulfonamides is 1. The fraction of sp³-hybridized carbons (Fsp3) is 0.235. The molecule has 11 heteroatoms. The fourth-order valence-electron chi connectivity index (χ4n) is 2.30. The molecule has 0 aromatic heterocycles. The van der Waals surface area contributed by atoms with E-state index in [1.54, 1.807) is 0 Å². The van der Waals surface area contributed by atoms with Crippen LogP contribution in [0.4, 0.5) is 18.9 Å². The van der Waals surface area contributed by atoms with Crippen LogP contribution < -0.4 is 9.62 Å². The number of nitrogens with zero attached hydrogens (tertiary/aromatic N) is 1. The van der Waals surface area contributed by atoms with Crippen molar-refractivity contribution in [1.29, 1.82) is 0 Å². The maximum Gasteiger partial charge on any atom is 0.416 e. The molecule has 0 atom stereocenters. The molecule has 0 fully saturated rings. The molecule has 0 bridgehead atoms. The number of amides is 1. The predicted octanol–water partition coefficient (Wildman–Crippen LogP) is 4.09. The molecule has 2 rings (SSSR count). The molecular formula is C17H15Cl2F3N2O3S. The lowest BCUT2D eigenvalue weighted by Crippen LogP contribution is -2.40. The molecule has 28 heavy (non-hydrogen) atoms. The second-order valence-corrected chi connectivity index (χ2v) is 8.59. The number of alkyl halides is 3. The highest BCUT2D eigenvalue weighted by atomic mass is 35.5. The van der Waals surface area contributed by atoms with E-state index in [4.69, 9.17) is 23.2 Å². The van der Waals surface area contributed by atoms with Crippen LogP contribution >= 0.6 is 23.2 Å². The standard InChI is InChI=1S/C17H15Cl2F3N2O3S/c1-28(26,27)24(15-8-13(18)5-6-14(15)19)10-16(25)23-9-11-3-2-4-12(7-11)17(20,21)22/h2-8H,9-10H2,1H3,(H,23,25). The molecule has 0 heterocycles. The van der Waals surface area contributed by atoms with Crippen LogP contribution in [0.3, 0.4) is 0 Å². The lowest BCUT2D eigenvalue weighted by Gasteiger charge is -2.23. The lowest BCUT2D eigenvalue weighted by molar-refractivity contribution is -0.137. The van der Waals surface area contributed by atoms with E-state index < -0.39 is 34.2 Å². The predicted molar refractivity (Wildman–Crippen MR) is 102 cm³/mol. The number of hydrogen-bond acceptors (Lipinski definition) is 3. The van der Waals surface area contributed by atoms with Crippen LogP contribution in [0.2, 0.25) is 10.0 Å². The van der Waals surface area contributed by atoms with Crippen molar-refractivity contribution in [3.05, 3.63) is 63.6 Å². The molecule has 1 N–H and O–H groups in total. The molecule has 0 saturated heterocycles. The second-order valence-electron chi connectivity index (χ2n) is 5.84. The zero-order chi connectivity index (χ0) is 21.1. The summed E-state index contributed by atoms with van der Waals surface area (Å²) in [5.41, 5.74) is -0.608. The summed E-state index contributed by atoms with van der Waals surface area (Å²) in [6.07, 6.45) is -3.61. The molecule has 0 aliphatic carbocycles. The zero-order valence-corrected chi connectivity index (χ0v) is 16.8. The van der Waals surface area contributed by atoms with Gasteiger partial charge in [-0.25, -0.2) is 8.42 Å². The Morgan fingerprint density at radius 3 is 2.43 bits per heavy atom. The van der Waals surface area contributed by atoms with Gasteiger partial charge >= 0.3 is 6.18 Å². The Hall–Kier alpha value is -1.97. The first-order valence-corrected chi connectivity index (χ1v) is 10.3. The van der Waals surface area contributed by atoms with Gasteiger partial charge < -0.3 is 5.32 Å². The van der Waals surface area contributed by atoms with Crippen LogP contribution in [-0.4, -0.2) is 27.1 Å². The third kappa shape index (κ3) is 6.02. The number of carbonyl (C=O) groups is 1. The minimum atomic E-state index is -4.50. The van der Waals surface area contributed by atoms with E-state index in [0.29, 0.717) is 0 Å². The van der Waals surface area contributed by atoms with E-state index in [-0.39, 0.29) is 27.8 Å². The molecule has 0 aliphatic rings. The normalized spacial score (nSPS) is 11.9. The largest absolute Gasteiger partial charge is 0.416 e. The first-order chi connectivity index (χ1) is 12.9. The topological polar surface area (TPSA) is 66.5 Å². The smallest absolute Gasteiger partial charge is 0.350 e. The molecular weight excluding hydrogens is 440 g/mol. The molecule has 1 amide bonds. The van der Waals surface area contributed by atoms with E-state index in [9.17, 15) is 26.4 Å². The van der Waals surface area contributed by atoms with Gasteiger partial charge in [-0.2, -0.15) is 13.2 Å². The summed E-state index contributed by atoms with van der Waals surface area (Å²) in [7, 11) is -3.88. The summed E-state index contributed by atoms with van der Waals surface area (Å²) >= 11 is 11.9. The number of anilines is 1. The number of benzene rings is 2. The van der Waals surface area contributed by atoms with Gasteiger partial charge in [0, 0.05) is 11.6 Å². The minimum absolute atomic E-state index is 0.0193. The summed E-state index contributed by atoms with van der Waals surface area (Å²) in [5, 5.41) is 2.69. The highest BCUT2D eigenvalue weighted by Gasteiger charge is 2.30. The van der Waals surface area contributed by atoms with Crippen molar-refractivity contribution in [3.8, 4) is 0 Å². The Kier molecular flexibility index (Phi) is 6.84. The van der Waals surface area contributed by atoms with Crippen molar-refractivity contribution in [2.45, 2.75) is 12.7 Å². The maximum absolute atomic E-state index is 12.7. The van der Waals surface area contributed by atoms with Crippen molar-refractivity contribution in [2.75, 3.05) is 17.1 Å². The van der Waals surface area contributed by atoms with E-state index in [1.807, 2.05) is 0 Å². The summed E-state index contributed by atoms with van der Waals surface area (Å²) in [5.74, 6) is -0.723. The second kappa shape index (κ2) is 8.59. The summed E-state index contributed by atoms with van der Waals surface area (Å²) in [4.78, 5) is 12.2. The summed E-state index contributed by atoms with van der Waals surface area (Å²) in [6, 6.07) is 8.60. The van der Waals surface area contributed by atoms with E-state index in [1.165, 1.54) is 30.3 Å². The molecule has 2 aromatic carbocycles. The van der Waals surface area contributed by atoms with Gasteiger partial charge in [0.1, 0.15) is 6.54 Å². The van der Waals surface area contributed by atoms with Crippen molar-refractivity contribution >= 4 is 44.8 Å². The van der Waals surface area contributed by atoms with E-state index in [2.05, 4.69) is 5.32 Å². The summed E-state index contributed by atoms with van der Waals surface area (Å²) < 4.78 is 63.2. The van der Waals surface area contributed by atoms with Gasteiger partial charge in [0.15, 0.2) is 0 Å². The maximum atomic E-state index is 12.7. The SMILES string of the molecule is CS(=O)(=O)N(CC(=O)NCc1cccc(C(F)(F)F)c1)c1cc(Cl)ccc1Cl. The van der Waals surface area contributed by atoms with E-state index >= 15 is 0 Å². The molecule has 0 radical (unpaired) electrons. The van der Waals surface area contributed by atoms with Gasteiger partial charge in [0.05, 0.1) is 22.5 Å². The molecule has 0 saturated carbocycles. The quantitative estimate of drug-likeness (QED) is 0.714. The molecule has 5 nitrogen and oxygen atoms in total.